The molecule has 3 N–H and O–H groups in total. The maximum absolute atomic E-state index is 13.5. The van der Waals surface area contributed by atoms with Crippen LogP contribution in [-0.2, 0) is 17.4 Å². The minimum atomic E-state index is -3.08. The first-order valence-corrected chi connectivity index (χ1v) is 12.7. The summed E-state index contributed by atoms with van der Waals surface area (Å²) in [4.78, 5) is 17.0. The highest BCUT2D eigenvalue weighted by atomic mass is 32.2. The summed E-state index contributed by atoms with van der Waals surface area (Å²) in [6, 6.07) is 12.0. The molecule has 12 heteroatoms. The molecule has 0 spiro atoms. The van der Waals surface area contributed by atoms with Gasteiger partial charge in [0, 0.05) is 29.7 Å². The number of halogens is 1. The molecule has 1 amide bonds. The van der Waals surface area contributed by atoms with Gasteiger partial charge in [-0.15, -0.1) is 0 Å². The number of nitrogens with zero attached hydrogens (tertiary/aromatic N) is 2. The minimum absolute atomic E-state index is 0.0314. The van der Waals surface area contributed by atoms with E-state index in [9.17, 15) is 27.7 Å². The highest BCUT2D eigenvalue weighted by Crippen LogP contribution is 2.45. The zero-order valence-corrected chi connectivity index (χ0v) is 20.6. The molecule has 190 valence electrons. The van der Waals surface area contributed by atoms with Gasteiger partial charge >= 0.3 is 7.12 Å². The molecule has 9 nitrogen and oxygen atoms in total. The molecule has 0 radical (unpaired) electrons. The molecule has 5 rings (SSSR count). The number of carbonyl (C=O) groups is 1. The molecule has 37 heavy (non-hydrogen) atoms. The smallest absolute Gasteiger partial charge is 0.455 e. The van der Waals surface area contributed by atoms with Gasteiger partial charge in [0.2, 0.25) is 10.9 Å². The van der Waals surface area contributed by atoms with E-state index in [1.807, 2.05) is 6.07 Å². The summed E-state index contributed by atoms with van der Waals surface area (Å²) in [5, 5.41) is 21.8. The van der Waals surface area contributed by atoms with Crippen LogP contribution in [0.1, 0.15) is 40.2 Å². The van der Waals surface area contributed by atoms with Gasteiger partial charge < -0.3 is 19.8 Å². The molecule has 4 aromatic rings. The van der Waals surface area contributed by atoms with E-state index in [-0.39, 0.29) is 29.7 Å². The molecule has 0 aliphatic heterocycles. The fourth-order valence-corrected chi connectivity index (χ4v) is 4.91. The summed E-state index contributed by atoms with van der Waals surface area (Å²) in [5.74, 6) is -0.138. The number of fused-ring (bicyclic) bond motifs is 1. The van der Waals surface area contributed by atoms with Gasteiger partial charge in [0.1, 0.15) is 23.0 Å². The topological polar surface area (TPSA) is 133 Å². The monoisotopic (exact) mass is 523 g/mol. The average Bonchev–Trinajstić information content (AvgIpc) is 3.67. The van der Waals surface area contributed by atoms with Gasteiger partial charge in [-0.05, 0) is 72.4 Å². The van der Waals surface area contributed by atoms with Crippen molar-refractivity contribution in [2.24, 2.45) is 0 Å². The lowest BCUT2D eigenvalue weighted by Crippen LogP contribution is -2.31. The lowest BCUT2D eigenvalue weighted by Gasteiger charge is -2.19. The van der Waals surface area contributed by atoms with E-state index in [1.54, 1.807) is 6.07 Å². The molecule has 1 aliphatic carbocycles. The van der Waals surface area contributed by atoms with Gasteiger partial charge in [0.15, 0.2) is 0 Å². The van der Waals surface area contributed by atoms with E-state index in [4.69, 9.17) is 4.42 Å². The van der Waals surface area contributed by atoms with Crippen LogP contribution in [0.25, 0.3) is 22.3 Å². The Morgan fingerprint density at radius 1 is 1.19 bits per heavy atom. The Bertz CT molecular complexity index is 1540. The van der Waals surface area contributed by atoms with E-state index in [2.05, 4.69) is 10.3 Å². The molecule has 1 saturated carbocycles. The molecule has 2 aromatic heterocycles. The summed E-state index contributed by atoms with van der Waals surface area (Å²) in [5.41, 5.74) is 2.99. The van der Waals surface area contributed by atoms with Gasteiger partial charge in [0.05, 0.1) is 12.1 Å². The van der Waals surface area contributed by atoms with Crippen molar-refractivity contribution in [3.8, 4) is 11.3 Å². The first-order valence-electron chi connectivity index (χ1n) is 11.6. The van der Waals surface area contributed by atoms with E-state index in [0.29, 0.717) is 33.4 Å². The number of furan rings is 1. The number of hydrogen-bond acceptors (Lipinski definition) is 7. The molecule has 2 heterocycles. The third-order valence-corrected chi connectivity index (χ3v) is 7.12. The Labute approximate surface area is 213 Å². The van der Waals surface area contributed by atoms with Crippen LogP contribution in [0.15, 0.2) is 59.1 Å². The van der Waals surface area contributed by atoms with Gasteiger partial charge in [-0.25, -0.2) is 17.8 Å². The minimum Gasteiger partial charge on any atom is -0.455 e. The number of nitrogens with one attached hydrogen (secondary N) is 1. The summed E-state index contributed by atoms with van der Waals surface area (Å²) in [7, 11) is -3.28. The molecule has 1 aliphatic rings. The van der Waals surface area contributed by atoms with Crippen molar-refractivity contribution in [1.29, 1.82) is 0 Å². The average molecular weight is 523 g/mol. The van der Waals surface area contributed by atoms with Crippen molar-refractivity contribution in [2.75, 3.05) is 11.4 Å². The molecule has 1 fully saturated rings. The predicted molar refractivity (Wildman–Crippen MR) is 138 cm³/mol. The van der Waals surface area contributed by atoms with Crippen LogP contribution < -0.4 is 15.1 Å². The number of hydrogen-bond donors (Lipinski definition) is 4. The Morgan fingerprint density at radius 3 is 2.49 bits per heavy atom. The molecular formula is C25H23BFN3O6S. The second-order valence-corrected chi connectivity index (χ2v) is 9.79. The number of thiol groups is 1. The largest absolute Gasteiger partial charge is 0.490 e. The summed E-state index contributed by atoms with van der Waals surface area (Å²) in [6.07, 6.45) is 3.07. The second kappa shape index (κ2) is 9.96. The highest BCUT2D eigenvalue weighted by Gasteiger charge is 2.30. The van der Waals surface area contributed by atoms with Crippen LogP contribution in [-0.4, -0.2) is 43.5 Å². The number of rotatable bonds is 8. The molecule has 2 aromatic carbocycles. The number of carbonyl (C=O) groups excluding carboxylic acids is 1. The SMILES string of the molecule is CNC(=O)c1c(-c2ccc(F)cc2)oc2cc(CN(c3ccc(B(O)O)cn3)[SH](=O)=O)c(C3CC3)cc12. The predicted octanol–water partition coefficient (Wildman–Crippen LogP) is 2.08. The zero-order chi connectivity index (χ0) is 26.3. The van der Waals surface area contributed by atoms with Gasteiger partial charge in [-0.2, -0.15) is 0 Å². The van der Waals surface area contributed by atoms with E-state index < -0.39 is 23.8 Å². The number of amides is 1. The van der Waals surface area contributed by atoms with E-state index in [0.717, 1.165) is 22.7 Å². The highest BCUT2D eigenvalue weighted by molar-refractivity contribution is 7.74. The number of anilines is 1. The molecule has 0 bridgehead atoms. The van der Waals surface area contributed by atoms with Gasteiger partial charge in [-0.3, -0.25) is 9.10 Å². The van der Waals surface area contributed by atoms with Gasteiger partial charge in [0.25, 0.3) is 5.91 Å². The van der Waals surface area contributed by atoms with Crippen LogP contribution >= 0.6 is 0 Å². The molecule has 0 atom stereocenters. The summed E-state index contributed by atoms with van der Waals surface area (Å²) in [6.45, 7) is -0.0314. The lowest BCUT2D eigenvalue weighted by molar-refractivity contribution is 0.0964. The van der Waals surface area contributed by atoms with Crippen molar-refractivity contribution < 1.29 is 32.1 Å². The van der Waals surface area contributed by atoms with E-state index >= 15 is 0 Å². The van der Waals surface area contributed by atoms with Crippen LogP contribution in [0.3, 0.4) is 0 Å². The molecular weight excluding hydrogens is 500 g/mol. The first-order chi connectivity index (χ1) is 17.8. The summed E-state index contributed by atoms with van der Waals surface area (Å²) < 4.78 is 45.1. The quantitative estimate of drug-likeness (QED) is 0.205. The van der Waals surface area contributed by atoms with Crippen LogP contribution in [0.4, 0.5) is 10.2 Å². The van der Waals surface area contributed by atoms with Crippen molar-refractivity contribution >= 4 is 46.2 Å². The standard InChI is InChI=1S/C25H23BFN3O6S/c1-28-25(31)23-20-11-19(14-2-3-14)16(10-21(20)36-24(23)15-4-7-18(27)8-5-15)13-30(37(34)35)22-9-6-17(12-29-22)26(32)33/h4-12,14,32-33,37H,2-3,13H2,1H3,(H,28,31). The van der Waals surface area contributed by atoms with Crippen molar-refractivity contribution in [3.05, 3.63) is 77.2 Å². The third kappa shape index (κ3) is 4.95. The lowest BCUT2D eigenvalue weighted by atomic mass is 9.82. The Kier molecular flexibility index (Phi) is 6.71. The Balaban J connectivity index is 1.62. The normalized spacial score (nSPS) is 13.2. The van der Waals surface area contributed by atoms with Crippen molar-refractivity contribution in [1.82, 2.24) is 10.3 Å². The zero-order valence-electron chi connectivity index (χ0n) is 19.7. The Morgan fingerprint density at radius 2 is 1.92 bits per heavy atom. The van der Waals surface area contributed by atoms with Crippen LogP contribution in [0, 0.1) is 5.82 Å². The van der Waals surface area contributed by atoms with Crippen LogP contribution in [0.2, 0.25) is 0 Å². The third-order valence-electron chi connectivity index (χ3n) is 6.38. The number of benzene rings is 2. The number of aromatic nitrogens is 1. The van der Waals surface area contributed by atoms with Gasteiger partial charge in [-0.1, -0.05) is 6.07 Å². The van der Waals surface area contributed by atoms with E-state index in [1.165, 1.54) is 49.6 Å². The maximum atomic E-state index is 13.5. The molecule has 0 saturated heterocycles. The Hall–Kier alpha value is -3.74. The fourth-order valence-electron chi connectivity index (χ4n) is 4.35. The maximum Gasteiger partial charge on any atom is 0.490 e. The molecule has 0 unspecified atom stereocenters. The second-order valence-electron chi connectivity index (χ2n) is 8.83. The van der Waals surface area contributed by atoms with Crippen LogP contribution in [0.5, 0.6) is 0 Å². The van der Waals surface area contributed by atoms with Crippen molar-refractivity contribution in [2.45, 2.75) is 25.3 Å². The summed E-state index contributed by atoms with van der Waals surface area (Å²) >= 11 is 0. The van der Waals surface area contributed by atoms with Crippen molar-refractivity contribution in [3.63, 3.8) is 0 Å². The number of pyridine rings is 1. The first kappa shape index (κ1) is 24.9. The fraction of sp³-hybridized carbons (Fsp3) is 0.200.